The van der Waals surface area contributed by atoms with Gasteiger partial charge in [-0.2, -0.15) is 11.8 Å². The van der Waals surface area contributed by atoms with E-state index in [-0.39, 0.29) is 0 Å². The van der Waals surface area contributed by atoms with Gasteiger partial charge in [-0.1, -0.05) is 26.0 Å². The fourth-order valence-electron chi connectivity index (χ4n) is 1.93. The molecule has 2 nitrogen and oxygen atoms in total. The maximum Gasteiger partial charge on any atom is 0.118 e. The largest absolute Gasteiger partial charge is 0.464 e. The van der Waals surface area contributed by atoms with Gasteiger partial charge in [0, 0.05) is 24.3 Å². The summed E-state index contributed by atoms with van der Waals surface area (Å²) in [6.45, 7) is 6.36. The summed E-state index contributed by atoms with van der Waals surface area (Å²) in [5.41, 5.74) is 1.27. The Kier molecular flexibility index (Phi) is 4.75. The van der Waals surface area contributed by atoms with Crippen LogP contribution in [0.4, 0.5) is 0 Å². The number of allylic oxidation sites excluding steroid dienone is 1. The Morgan fingerprint density at radius 3 is 3.12 bits per heavy atom. The predicted octanol–water partition coefficient (Wildman–Crippen LogP) is 3.47. The van der Waals surface area contributed by atoms with Crippen LogP contribution in [0.3, 0.4) is 0 Å². The van der Waals surface area contributed by atoms with E-state index in [0.29, 0.717) is 0 Å². The third-order valence-corrected chi connectivity index (χ3v) is 3.86. The molecule has 0 amide bonds. The van der Waals surface area contributed by atoms with E-state index in [1.165, 1.54) is 5.56 Å². The summed E-state index contributed by atoms with van der Waals surface area (Å²) in [5, 5.41) is 4.15. The van der Waals surface area contributed by atoms with E-state index < -0.39 is 0 Å². The lowest BCUT2D eigenvalue weighted by atomic mass is 10.1. The smallest absolute Gasteiger partial charge is 0.118 e. The second kappa shape index (κ2) is 6.31. The molecule has 2 rings (SSSR count). The maximum absolute atomic E-state index is 5.81. The minimum absolute atomic E-state index is 0.720. The van der Waals surface area contributed by atoms with E-state index in [4.69, 9.17) is 4.42 Å². The van der Waals surface area contributed by atoms with Crippen molar-refractivity contribution in [2.75, 3.05) is 12.3 Å². The molecular weight excluding hydrogens is 230 g/mol. The van der Waals surface area contributed by atoms with Crippen molar-refractivity contribution in [1.29, 1.82) is 0 Å². The van der Waals surface area contributed by atoms with Gasteiger partial charge in [0.15, 0.2) is 0 Å². The van der Waals surface area contributed by atoms with E-state index in [2.05, 4.69) is 37.4 Å². The maximum atomic E-state index is 5.81. The van der Waals surface area contributed by atoms with Gasteiger partial charge in [0.25, 0.3) is 0 Å². The number of aryl methyl sites for hydroxylation is 1. The standard InChI is InChI=1S/C14H21NOS/c1-11(2)17-8-7-15-10-13-9-12-5-3-4-6-14(12)16-13/h3,5,9,11,15H,4,6-8,10H2,1-2H3. The third kappa shape index (κ3) is 3.93. The highest BCUT2D eigenvalue weighted by Crippen LogP contribution is 2.22. The van der Waals surface area contributed by atoms with Crippen LogP contribution in [0.15, 0.2) is 16.6 Å². The number of furan rings is 1. The molecule has 0 bridgehead atoms. The van der Waals surface area contributed by atoms with Crippen LogP contribution in [0.25, 0.3) is 6.08 Å². The molecule has 1 aliphatic carbocycles. The molecule has 17 heavy (non-hydrogen) atoms. The molecule has 0 aliphatic heterocycles. The van der Waals surface area contributed by atoms with Crippen LogP contribution in [-0.4, -0.2) is 17.5 Å². The molecule has 1 aliphatic rings. The van der Waals surface area contributed by atoms with E-state index in [0.717, 1.165) is 48.5 Å². The average Bonchev–Trinajstić information content (AvgIpc) is 2.70. The fourth-order valence-corrected chi connectivity index (χ4v) is 2.66. The van der Waals surface area contributed by atoms with Crippen molar-refractivity contribution in [1.82, 2.24) is 5.32 Å². The first kappa shape index (κ1) is 12.8. The monoisotopic (exact) mass is 251 g/mol. The molecule has 0 spiro atoms. The van der Waals surface area contributed by atoms with Crippen molar-refractivity contribution >= 4 is 17.8 Å². The Bertz CT molecular complexity index is 382. The van der Waals surface area contributed by atoms with Crippen LogP contribution in [0.5, 0.6) is 0 Å². The van der Waals surface area contributed by atoms with Gasteiger partial charge in [0.2, 0.25) is 0 Å². The summed E-state index contributed by atoms with van der Waals surface area (Å²) in [5.74, 6) is 3.38. The molecule has 3 heteroatoms. The minimum atomic E-state index is 0.720. The second-order valence-corrected chi connectivity index (χ2v) is 6.31. The highest BCUT2D eigenvalue weighted by atomic mass is 32.2. The van der Waals surface area contributed by atoms with Gasteiger partial charge < -0.3 is 9.73 Å². The molecule has 0 atom stereocenters. The first-order valence-electron chi connectivity index (χ1n) is 6.36. The summed E-state index contributed by atoms with van der Waals surface area (Å²) >= 11 is 1.99. The predicted molar refractivity (Wildman–Crippen MR) is 75.4 cm³/mol. The van der Waals surface area contributed by atoms with E-state index in [1.54, 1.807) is 0 Å². The van der Waals surface area contributed by atoms with Gasteiger partial charge in [-0.05, 0) is 17.7 Å². The lowest BCUT2D eigenvalue weighted by Gasteiger charge is -2.05. The number of nitrogens with one attached hydrogen (secondary N) is 1. The Hall–Kier alpha value is -0.670. The zero-order chi connectivity index (χ0) is 12.1. The highest BCUT2D eigenvalue weighted by molar-refractivity contribution is 7.99. The molecule has 0 aromatic carbocycles. The molecule has 1 N–H and O–H groups in total. The van der Waals surface area contributed by atoms with Crippen molar-refractivity contribution in [2.24, 2.45) is 0 Å². The SMILES string of the molecule is CC(C)SCCNCc1cc2c(o1)CCC=C2. The van der Waals surface area contributed by atoms with Crippen LogP contribution < -0.4 is 5.32 Å². The number of fused-ring (bicyclic) bond motifs is 1. The fraction of sp³-hybridized carbons (Fsp3) is 0.571. The Balaban J connectivity index is 1.72. The molecule has 1 aromatic heterocycles. The van der Waals surface area contributed by atoms with Gasteiger partial charge in [0.05, 0.1) is 6.54 Å². The highest BCUT2D eigenvalue weighted by Gasteiger charge is 2.10. The number of rotatable bonds is 6. The molecule has 1 aromatic rings. The minimum Gasteiger partial charge on any atom is -0.464 e. The van der Waals surface area contributed by atoms with Gasteiger partial charge in [-0.25, -0.2) is 0 Å². The van der Waals surface area contributed by atoms with Crippen molar-refractivity contribution in [3.05, 3.63) is 29.2 Å². The van der Waals surface area contributed by atoms with Crippen LogP contribution in [0, 0.1) is 0 Å². The molecule has 0 saturated carbocycles. The second-order valence-electron chi connectivity index (χ2n) is 4.63. The Morgan fingerprint density at radius 1 is 1.47 bits per heavy atom. The van der Waals surface area contributed by atoms with Crippen molar-refractivity contribution in [3.63, 3.8) is 0 Å². The van der Waals surface area contributed by atoms with Crippen LogP contribution in [0.2, 0.25) is 0 Å². The lowest BCUT2D eigenvalue weighted by molar-refractivity contribution is 0.449. The molecule has 0 radical (unpaired) electrons. The molecule has 94 valence electrons. The lowest BCUT2D eigenvalue weighted by Crippen LogP contribution is -2.16. The number of hydrogen-bond acceptors (Lipinski definition) is 3. The normalized spacial score (nSPS) is 14.3. The summed E-state index contributed by atoms with van der Waals surface area (Å²) < 4.78 is 5.81. The van der Waals surface area contributed by atoms with Crippen molar-refractivity contribution < 1.29 is 4.42 Å². The first-order valence-corrected chi connectivity index (χ1v) is 7.41. The van der Waals surface area contributed by atoms with Gasteiger partial charge >= 0.3 is 0 Å². The zero-order valence-electron chi connectivity index (χ0n) is 10.7. The van der Waals surface area contributed by atoms with E-state index in [9.17, 15) is 0 Å². The number of thioether (sulfide) groups is 1. The van der Waals surface area contributed by atoms with Gasteiger partial charge in [-0.3, -0.25) is 0 Å². The first-order chi connectivity index (χ1) is 8.25. The summed E-state index contributed by atoms with van der Waals surface area (Å²) in [6.07, 6.45) is 6.54. The quantitative estimate of drug-likeness (QED) is 0.784. The Labute approximate surface area is 108 Å². The summed E-state index contributed by atoms with van der Waals surface area (Å²) in [7, 11) is 0. The number of hydrogen-bond donors (Lipinski definition) is 1. The van der Waals surface area contributed by atoms with Gasteiger partial charge in [-0.15, -0.1) is 0 Å². The van der Waals surface area contributed by atoms with Crippen LogP contribution in [-0.2, 0) is 13.0 Å². The zero-order valence-corrected chi connectivity index (χ0v) is 11.5. The third-order valence-electron chi connectivity index (χ3n) is 2.76. The average molecular weight is 251 g/mol. The summed E-state index contributed by atoms with van der Waals surface area (Å²) in [4.78, 5) is 0. The van der Waals surface area contributed by atoms with Crippen LogP contribution in [0.1, 0.15) is 37.4 Å². The molecule has 0 unspecified atom stereocenters. The van der Waals surface area contributed by atoms with Crippen molar-refractivity contribution in [2.45, 2.75) is 38.5 Å². The van der Waals surface area contributed by atoms with Crippen LogP contribution >= 0.6 is 11.8 Å². The Morgan fingerprint density at radius 2 is 2.35 bits per heavy atom. The van der Waals surface area contributed by atoms with E-state index in [1.807, 2.05) is 11.8 Å². The molecular formula is C14H21NOS. The van der Waals surface area contributed by atoms with Crippen molar-refractivity contribution in [3.8, 4) is 0 Å². The summed E-state index contributed by atoms with van der Waals surface area (Å²) in [6, 6.07) is 2.16. The molecule has 0 fully saturated rings. The molecule has 1 heterocycles. The molecule has 0 saturated heterocycles. The topological polar surface area (TPSA) is 25.2 Å². The van der Waals surface area contributed by atoms with Gasteiger partial charge in [0.1, 0.15) is 11.5 Å². The van der Waals surface area contributed by atoms with E-state index >= 15 is 0 Å².